The first-order valence-electron chi connectivity index (χ1n) is 8.79. The number of esters is 1. The molecule has 0 aliphatic heterocycles. The number of para-hydroxylation sites is 1. The molecule has 7 heteroatoms. The summed E-state index contributed by atoms with van der Waals surface area (Å²) in [5, 5.41) is 0.867. The van der Waals surface area contributed by atoms with Gasteiger partial charge in [0.2, 0.25) is 0 Å². The van der Waals surface area contributed by atoms with E-state index in [1.54, 1.807) is 27.0 Å². The summed E-state index contributed by atoms with van der Waals surface area (Å²) in [5.74, 6) is -0.466. The van der Waals surface area contributed by atoms with Gasteiger partial charge in [-0.15, -0.1) is 0 Å². The first-order chi connectivity index (χ1) is 12.3. The van der Waals surface area contributed by atoms with Crippen molar-refractivity contribution in [3.63, 3.8) is 0 Å². The van der Waals surface area contributed by atoms with Crippen molar-refractivity contribution in [2.45, 2.75) is 65.2 Å². The van der Waals surface area contributed by atoms with Gasteiger partial charge in [0.25, 0.3) is 0 Å². The van der Waals surface area contributed by atoms with Crippen molar-refractivity contribution in [3.05, 3.63) is 33.5 Å². The number of aromatic nitrogens is 1. The number of benzene rings is 1. The molecule has 1 aromatic heterocycles. The first kappa shape index (κ1) is 21.7. The van der Waals surface area contributed by atoms with Crippen molar-refractivity contribution in [2.75, 3.05) is 0 Å². The number of fused-ring (bicyclic) bond motifs is 1. The van der Waals surface area contributed by atoms with E-state index in [2.05, 4.69) is 22.6 Å². The molecule has 0 bridgehead atoms. The van der Waals surface area contributed by atoms with Gasteiger partial charge in [-0.25, -0.2) is 4.79 Å². The monoisotopic (exact) mass is 486 g/mol. The fourth-order valence-electron chi connectivity index (χ4n) is 2.62. The number of nitrogens with two attached hydrogens (primary N) is 1. The van der Waals surface area contributed by atoms with Gasteiger partial charge in [0.1, 0.15) is 17.2 Å². The van der Waals surface area contributed by atoms with Crippen LogP contribution in [0.25, 0.3) is 10.9 Å². The van der Waals surface area contributed by atoms with Crippen LogP contribution in [0.4, 0.5) is 4.79 Å². The molecule has 1 unspecified atom stereocenters. The number of nitrogens with zero attached hydrogens (tertiary/aromatic N) is 1. The highest BCUT2D eigenvalue weighted by Crippen LogP contribution is 2.28. The van der Waals surface area contributed by atoms with E-state index in [9.17, 15) is 9.59 Å². The maximum atomic E-state index is 12.7. The Kier molecular flexibility index (Phi) is 6.26. The second kappa shape index (κ2) is 7.79. The summed E-state index contributed by atoms with van der Waals surface area (Å²) < 4.78 is 13.3. The quantitative estimate of drug-likeness (QED) is 0.519. The molecule has 0 spiro atoms. The zero-order chi connectivity index (χ0) is 20.6. The van der Waals surface area contributed by atoms with Crippen molar-refractivity contribution >= 4 is 45.6 Å². The molecule has 0 aliphatic rings. The van der Waals surface area contributed by atoms with Crippen LogP contribution in [0.1, 0.15) is 47.1 Å². The van der Waals surface area contributed by atoms with E-state index in [0.717, 1.165) is 20.0 Å². The van der Waals surface area contributed by atoms with Crippen LogP contribution in [0, 0.1) is 3.57 Å². The van der Waals surface area contributed by atoms with Gasteiger partial charge < -0.3 is 15.2 Å². The standard InChI is InChI=1S/C20H27IN2O4/c1-19(2,3)26-17(24)15(22)10-12-11-23(18(25)27-20(4,5)6)16-13(12)8-7-9-14(16)21/h7-9,11,15H,10,22H2,1-6H3. The minimum atomic E-state index is -0.820. The molecule has 0 aliphatic carbocycles. The smallest absolute Gasteiger partial charge is 0.419 e. The number of ether oxygens (including phenoxy) is 2. The van der Waals surface area contributed by atoms with E-state index in [0.29, 0.717) is 0 Å². The molecule has 6 nitrogen and oxygen atoms in total. The fourth-order valence-corrected chi connectivity index (χ4v) is 3.38. The summed E-state index contributed by atoms with van der Waals surface area (Å²) in [4.78, 5) is 24.9. The van der Waals surface area contributed by atoms with Crippen LogP contribution < -0.4 is 5.73 Å². The number of hydrogen-bond donors (Lipinski definition) is 1. The van der Waals surface area contributed by atoms with Gasteiger partial charge in [-0.2, -0.15) is 0 Å². The van der Waals surface area contributed by atoms with Gasteiger partial charge in [-0.05, 0) is 75.8 Å². The van der Waals surface area contributed by atoms with Crippen molar-refractivity contribution in [1.82, 2.24) is 4.57 Å². The van der Waals surface area contributed by atoms with Crippen LogP contribution in [-0.4, -0.2) is 33.9 Å². The van der Waals surface area contributed by atoms with Gasteiger partial charge in [-0.3, -0.25) is 9.36 Å². The summed E-state index contributed by atoms with van der Waals surface area (Å²) in [6, 6.07) is 4.92. The van der Waals surface area contributed by atoms with Crippen LogP contribution in [0.5, 0.6) is 0 Å². The third-order valence-electron chi connectivity index (χ3n) is 3.60. The molecule has 0 radical (unpaired) electrons. The Balaban J connectivity index is 2.40. The van der Waals surface area contributed by atoms with Crippen molar-refractivity contribution in [1.29, 1.82) is 0 Å². The van der Waals surface area contributed by atoms with Crippen LogP contribution in [0.3, 0.4) is 0 Å². The van der Waals surface area contributed by atoms with Crippen LogP contribution in [0.15, 0.2) is 24.4 Å². The topological polar surface area (TPSA) is 83.5 Å². The number of hydrogen-bond acceptors (Lipinski definition) is 5. The van der Waals surface area contributed by atoms with Crippen molar-refractivity contribution in [3.8, 4) is 0 Å². The van der Waals surface area contributed by atoms with Gasteiger partial charge in [0, 0.05) is 21.6 Å². The zero-order valence-electron chi connectivity index (χ0n) is 16.6. The van der Waals surface area contributed by atoms with Gasteiger partial charge >= 0.3 is 12.1 Å². The number of rotatable bonds is 3. The molecule has 2 rings (SSSR count). The summed E-state index contributed by atoms with van der Waals surface area (Å²) in [6.07, 6.45) is 1.50. The largest absolute Gasteiger partial charge is 0.459 e. The molecule has 2 aromatic rings. The molecular formula is C20H27IN2O4. The predicted octanol–water partition coefficient (Wildman–Crippen LogP) is 4.24. The van der Waals surface area contributed by atoms with Crippen molar-refractivity contribution in [2.24, 2.45) is 5.73 Å². The van der Waals surface area contributed by atoms with Gasteiger partial charge in [0.05, 0.1) is 5.52 Å². The Morgan fingerprint density at radius 1 is 1.11 bits per heavy atom. The maximum Gasteiger partial charge on any atom is 0.419 e. The zero-order valence-corrected chi connectivity index (χ0v) is 18.8. The molecule has 0 saturated heterocycles. The highest BCUT2D eigenvalue weighted by atomic mass is 127. The average Bonchev–Trinajstić information content (AvgIpc) is 2.84. The first-order valence-corrected chi connectivity index (χ1v) is 9.86. The van der Waals surface area contributed by atoms with E-state index in [1.807, 2.05) is 39.0 Å². The predicted molar refractivity (Wildman–Crippen MR) is 114 cm³/mol. The van der Waals surface area contributed by atoms with E-state index in [1.165, 1.54) is 4.57 Å². The lowest BCUT2D eigenvalue weighted by Gasteiger charge is -2.22. The minimum Gasteiger partial charge on any atom is -0.459 e. The number of carbonyl (C=O) groups is 2. The van der Waals surface area contributed by atoms with E-state index >= 15 is 0 Å². The summed E-state index contributed by atoms with van der Waals surface area (Å²) in [5.41, 5.74) is 6.41. The van der Waals surface area contributed by atoms with Gasteiger partial charge in [-0.1, -0.05) is 12.1 Å². The lowest BCUT2D eigenvalue weighted by molar-refractivity contribution is -0.156. The Hall–Kier alpha value is -1.61. The molecule has 27 heavy (non-hydrogen) atoms. The SMILES string of the molecule is CC(C)(C)OC(=O)C(N)Cc1cn(C(=O)OC(C)(C)C)c2c(I)cccc12. The molecule has 2 N–H and O–H groups in total. The Bertz CT molecular complexity index is 859. The van der Waals surface area contributed by atoms with Crippen LogP contribution in [0.2, 0.25) is 0 Å². The summed E-state index contributed by atoms with van der Waals surface area (Å²) in [6.45, 7) is 10.9. The summed E-state index contributed by atoms with van der Waals surface area (Å²) in [7, 11) is 0. The second-order valence-electron chi connectivity index (χ2n) is 8.48. The summed E-state index contributed by atoms with van der Waals surface area (Å²) >= 11 is 2.18. The molecule has 1 atom stereocenters. The minimum absolute atomic E-state index is 0.265. The highest BCUT2D eigenvalue weighted by molar-refractivity contribution is 14.1. The van der Waals surface area contributed by atoms with Crippen LogP contribution >= 0.6 is 22.6 Å². The average molecular weight is 486 g/mol. The Morgan fingerprint density at radius 3 is 2.26 bits per heavy atom. The van der Waals surface area contributed by atoms with Gasteiger partial charge in [0.15, 0.2) is 0 Å². The third-order valence-corrected chi connectivity index (χ3v) is 4.47. The van der Waals surface area contributed by atoms with E-state index in [4.69, 9.17) is 15.2 Å². The Labute approximate surface area is 173 Å². The highest BCUT2D eigenvalue weighted by Gasteiger charge is 2.26. The Morgan fingerprint density at radius 2 is 1.70 bits per heavy atom. The molecule has 0 fully saturated rings. The van der Waals surface area contributed by atoms with Crippen LogP contribution in [-0.2, 0) is 20.7 Å². The fraction of sp³-hybridized carbons (Fsp3) is 0.500. The van der Waals surface area contributed by atoms with Crippen molar-refractivity contribution < 1.29 is 19.1 Å². The van der Waals surface area contributed by atoms with E-state index in [-0.39, 0.29) is 6.42 Å². The molecule has 1 aromatic carbocycles. The molecule has 148 valence electrons. The second-order valence-corrected chi connectivity index (χ2v) is 9.65. The number of halogens is 1. The molecule has 0 amide bonds. The molecule has 1 heterocycles. The normalized spacial score (nSPS) is 13.5. The maximum absolute atomic E-state index is 12.7. The lowest BCUT2D eigenvalue weighted by Crippen LogP contribution is -2.38. The lowest BCUT2D eigenvalue weighted by atomic mass is 10.1. The third kappa shape index (κ3) is 5.68. The molecule has 0 saturated carbocycles. The molecular weight excluding hydrogens is 459 g/mol. The number of carbonyl (C=O) groups excluding carboxylic acids is 2. The van der Waals surface area contributed by atoms with E-state index < -0.39 is 29.3 Å².